The van der Waals surface area contributed by atoms with Crippen molar-refractivity contribution >= 4 is 34.5 Å². The van der Waals surface area contributed by atoms with E-state index in [1.54, 1.807) is 11.8 Å². The van der Waals surface area contributed by atoms with Crippen LogP contribution in [-0.4, -0.2) is 46.9 Å². The van der Waals surface area contributed by atoms with E-state index in [0.29, 0.717) is 22.5 Å². The maximum Gasteiger partial charge on any atom is 0.234 e. The lowest BCUT2D eigenvalue weighted by Crippen LogP contribution is -2.26. The van der Waals surface area contributed by atoms with E-state index < -0.39 is 0 Å². The second kappa shape index (κ2) is 8.05. The van der Waals surface area contributed by atoms with Crippen LogP contribution in [0, 0.1) is 0 Å². The molecule has 1 aromatic heterocycles. The zero-order valence-electron chi connectivity index (χ0n) is 12.5. The van der Waals surface area contributed by atoms with Crippen molar-refractivity contribution in [1.82, 2.24) is 9.88 Å². The number of rotatable bonds is 8. The van der Waals surface area contributed by atoms with Crippen LogP contribution in [0.4, 0.5) is 5.69 Å². The van der Waals surface area contributed by atoms with E-state index >= 15 is 0 Å². The second-order valence-corrected chi connectivity index (χ2v) is 5.74. The molecule has 1 N–H and O–H groups in total. The number of thioether (sulfide) groups is 1. The van der Waals surface area contributed by atoms with Gasteiger partial charge in [-0.25, -0.2) is 4.98 Å². The second-order valence-electron chi connectivity index (χ2n) is 4.63. The van der Waals surface area contributed by atoms with Gasteiger partial charge in [0.2, 0.25) is 5.91 Å². The summed E-state index contributed by atoms with van der Waals surface area (Å²) in [7, 11) is 0. The molecule has 6 heteroatoms. The Hall–Kier alpha value is -1.53. The first-order chi connectivity index (χ1) is 10.2. The topological polar surface area (TPSA) is 58.4 Å². The van der Waals surface area contributed by atoms with Crippen LogP contribution in [0.2, 0.25) is 0 Å². The molecule has 2 rings (SSSR count). The van der Waals surface area contributed by atoms with Gasteiger partial charge in [-0.2, -0.15) is 11.8 Å². The zero-order chi connectivity index (χ0) is 15.1. The number of hydrogen-bond acceptors (Lipinski definition) is 5. The van der Waals surface area contributed by atoms with E-state index in [1.165, 1.54) is 6.39 Å². The van der Waals surface area contributed by atoms with Gasteiger partial charge in [-0.1, -0.05) is 19.9 Å². The van der Waals surface area contributed by atoms with Crippen molar-refractivity contribution in [2.24, 2.45) is 0 Å². The maximum atomic E-state index is 12.0. The lowest BCUT2D eigenvalue weighted by atomic mass is 10.3. The predicted molar refractivity (Wildman–Crippen MR) is 87.8 cm³/mol. The average molecular weight is 307 g/mol. The van der Waals surface area contributed by atoms with Crippen LogP contribution < -0.4 is 5.32 Å². The minimum Gasteiger partial charge on any atom is -0.443 e. The van der Waals surface area contributed by atoms with Crippen LogP contribution in [0.15, 0.2) is 29.0 Å². The molecule has 114 valence electrons. The lowest BCUT2D eigenvalue weighted by Gasteiger charge is -2.17. The molecular formula is C15H21N3O2S. The molecule has 0 spiro atoms. The molecule has 21 heavy (non-hydrogen) atoms. The number of oxazole rings is 1. The molecule has 0 unspecified atom stereocenters. The number of para-hydroxylation sites is 1. The van der Waals surface area contributed by atoms with Crippen LogP contribution in [0.1, 0.15) is 13.8 Å². The van der Waals surface area contributed by atoms with Gasteiger partial charge in [-0.3, -0.25) is 4.79 Å². The minimum absolute atomic E-state index is 0.00459. The highest BCUT2D eigenvalue weighted by molar-refractivity contribution is 7.99. The summed E-state index contributed by atoms with van der Waals surface area (Å²) in [5.41, 5.74) is 2.08. The number of carbonyl (C=O) groups is 1. The molecule has 0 saturated carbocycles. The molecule has 1 amide bonds. The summed E-state index contributed by atoms with van der Waals surface area (Å²) in [6.07, 6.45) is 1.39. The van der Waals surface area contributed by atoms with Gasteiger partial charge < -0.3 is 14.6 Å². The Labute approximate surface area is 129 Å². The Morgan fingerprint density at radius 2 is 2.19 bits per heavy atom. The van der Waals surface area contributed by atoms with Gasteiger partial charge >= 0.3 is 0 Å². The van der Waals surface area contributed by atoms with Gasteiger partial charge in [-0.05, 0) is 25.2 Å². The van der Waals surface area contributed by atoms with Crippen LogP contribution >= 0.6 is 11.8 Å². The number of amides is 1. The number of aromatic nitrogens is 1. The summed E-state index contributed by atoms with van der Waals surface area (Å²) < 4.78 is 5.22. The molecule has 0 bridgehead atoms. The quantitative estimate of drug-likeness (QED) is 0.760. The first-order valence-corrected chi connectivity index (χ1v) is 8.32. The monoisotopic (exact) mass is 307 g/mol. The first-order valence-electron chi connectivity index (χ1n) is 7.16. The summed E-state index contributed by atoms with van der Waals surface area (Å²) >= 11 is 1.65. The van der Waals surface area contributed by atoms with E-state index in [2.05, 4.69) is 29.0 Å². The fraction of sp³-hybridized carbons (Fsp3) is 0.467. The number of benzene rings is 1. The third-order valence-corrected chi connectivity index (χ3v) is 4.25. The van der Waals surface area contributed by atoms with E-state index in [0.717, 1.165) is 25.4 Å². The SMILES string of the molecule is CCN(CC)CCSCC(=O)Nc1cccc2ocnc12. The Morgan fingerprint density at radius 3 is 2.95 bits per heavy atom. The molecule has 1 heterocycles. The highest BCUT2D eigenvalue weighted by Gasteiger charge is 2.08. The molecule has 0 saturated heterocycles. The predicted octanol–water partition coefficient (Wildman–Crippen LogP) is 2.84. The van der Waals surface area contributed by atoms with Crippen LogP contribution in [0.5, 0.6) is 0 Å². The van der Waals surface area contributed by atoms with Crippen molar-refractivity contribution in [1.29, 1.82) is 0 Å². The van der Waals surface area contributed by atoms with Gasteiger partial charge in [0.1, 0.15) is 5.52 Å². The number of hydrogen-bond donors (Lipinski definition) is 1. The lowest BCUT2D eigenvalue weighted by molar-refractivity contribution is -0.113. The molecular weight excluding hydrogens is 286 g/mol. The number of anilines is 1. The highest BCUT2D eigenvalue weighted by atomic mass is 32.2. The van der Waals surface area contributed by atoms with E-state index in [9.17, 15) is 4.79 Å². The zero-order valence-corrected chi connectivity index (χ0v) is 13.3. The van der Waals surface area contributed by atoms with E-state index in [-0.39, 0.29) is 5.91 Å². The Bertz CT molecular complexity index is 581. The highest BCUT2D eigenvalue weighted by Crippen LogP contribution is 2.21. The van der Waals surface area contributed by atoms with Gasteiger partial charge in [-0.15, -0.1) is 0 Å². The third kappa shape index (κ3) is 4.47. The number of fused-ring (bicyclic) bond motifs is 1. The number of nitrogens with zero attached hydrogens (tertiary/aromatic N) is 2. The molecule has 0 aliphatic carbocycles. The molecule has 0 fully saturated rings. The smallest absolute Gasteiger partial charge is 0.234 e. The first kappa shape index (κ1) is 15.9. The molecule has 1 aromatic carbocycles. The van der Waals surface area contributed by atoms with E-state index in [4.69, 9.17) is 4.42 Å². The van der Waals surface area contributed by atoms with Gasteiger partial charge in [0.05, 0.1) is 11.4 Å². The number of carbonyl (C=O) groups excluding carboxylic acids is 1. The van der Waals surface area contributed by atoms with Gasteiger partial charge in [0.25, 0.3) is 0 Å². The van der Waals surface area contributed by atoms with Gasteiger partial charge in [0, 0.05) is 12.3 Å². The Kier molecular flexibility index (Phi) is 6.07. The Balaban J connectivity index is 1.78. The van der Waals surface area contributed by atoms with Crippen molar-refractivity contribution in [2.45, 2.75) is 13.8 Å². The molecule has 2 aromatic rings. The normalized spacial score (nSPS) is 11.2. The minimum atomic E-state index is -0.00459. The maximum absolute atomic E-state index is 12.0. The van der Waals surface area contributed by atoms with Crippen molar-refractivity contribution < 1.29 is 9.21 Å². The van der Waals surface area contributed by atoms with E-state index in [1.807, 2.05) is 18.2 Å². The molecule has 5 nitrogen and oxygen atoms in total. The largest absolute Gasteiger partial charge is 0.443 e. The van der Waals surface area contributed by atoms with Crippen molar-refractivity contribution in [3.05, 3.63) is 24.6 Å². The summed E-state index contributed by atoms with van der Waals surface area (Å²) in [5.74, 6) is 1.41. The average Bonchev–Trinajstić information content (AvgIpc) is 2.97. The summed E-state index contributed by atoms with van der Waals surface area (Å²) in [5, 5.41) is 2.89. The van der Waals surface area contributed by atoms with Crippen LogP contribution in [0.3, 0.4) is 0 Å². The standard InChI is InChI=1S/C15H21N3O2S/c1-3-18(4-2)8-9-21-10-14(19)17-12-6-5-7-13-15(12)16-11-20-13/h5-7,11H,3-4,8-10H2,1-2H3,(H,17,19). The van der Waals surface area contributed by atoms with Crippen molar-refractivity contribution in [3.8, 4) is 0 Å². The third-order valence-electron chi connectivity index (χ3n) is 3.31. The molecule has 0 radical (unpaired) electrons. The fourth-order valence-electron chi connectivity index (χ4n) is 2.07. The fourth-order valence-corrected chi connectivity index (χ4v) is 2.86. The van der Waals surface area contributed by atoms with Crippen molar-refractivity contribution in [3.63, 3.8) is 0 Å². The Morgan fingerprint density at radius 1 is 1.38 bits per heavy atom. The van der Waals surface area contributed by atoms with Gasteiger partial charge in [0.15, 0.2) is 12.0 Å². The summed E-state index contributed by atoms with van der Waals surface area (Å²) in [6.45, 7) is 7.43. The molecule has 0 aliphatic rings. The summed E-state index contributed by atoms with van der Waals surface area (Å²) in [4.78, 5) is 18.4. The molecule has 0 aliphatic heterocycles. The van der Waals surface area contributed by atoms with Crippen molar-refractivity contribution in [2.75, 3.05) is 36.5 Å². The van der Waals surface area contributed by atoms with Crippen LogP contribution in [-0.2, 0) is 4.79 Å². The molecule has 0 atom stereocenters. The number of nitrogens with one attached hydrogen (secondary N) is 1. The summed E-state index contributed by atoms with van der Waals surface area (Å²) in [6, 6.07) is 5.51. The van der Waals surface area contributed by atoms with Crippen LogP contribution in [0.25, 0.3) is 11.1 Å².